The molecule has 0 bridgehead atoms. The Labute approximate surface area is 162 Å². The zero-order valence-corrected chi connectivity index (χ0v) is 17.3. The second-order valence-corrected chi connectivity index (χ2v) is 9.56. The lowest BCUT2D eigenvalue weighted by Gasteiger charge is -2.28. The van der Waals surface area contributed by atoms with Crippen LogP contribution in [0.2, 0.25) is 0 Å². The SMILES string of the molecule is COc1cc(C)c(C)cc1S(=O)(=O)N1CCC[C@H]1C(=O)NC1CCCCC1. The Hall–Kier alpha value is -1.60. The number of carbonyl (C=O) groups excluding carboxylic acids is 1. The first-order valence-corrected chi connectivity index (χ1v) is 11.3. The highest BCUT2D eigenvalue weighted by atomic mass is 32.2. The standard InChI is InChI=1S/C20H30N2O4S/c1-14-12-18(26-3)19(13-15(14)2)27(24,25)22-11-7-10-17(22)20(23)21-16-8-5-4-6-9-16/h12-13,16-17H,4-11H2,1-3H3,(H,21,23)/t17-/m0/s1. The van der Waals surface area contributed by atoms with Gasteiger partial charge in [-0.05, 0) is 62.8 Å². The van der Waals surface area contributed by atoms with Crippen molar-refractivity contribution in [3.63, 3.8) is 0 Å². The van der Waals surface area contributed by atoms with Gasteiger partial charge in [-0.25, -0.2) is 8.42 Å². The Balaban J connectivity index is 1.85. The maximum atomic E-state index is 13.4. The van der Waals surface area contributed by atoms with Gasteiger partial charge in [0.15, 0.2) is 0 Å². The summed E-state index contributed by atoms with van der Waals surface area (Å²) in [5.41, 5.74) is 1.86. The number of benzene rings is 1. The predicted molar refractivity (Wildman–Crippen MR) is 104 cm³/mol. The fourth-order valence-electron chi connectivity index (χ4n) is 4.08. The van der Waals surface area contributed by atoms with Crippen LogP contribution in [0.3, 0.4) is 0 Å². The summed E-state index contributed by atoms with van der Waals surface area (Å²) in [7, 11) is -2.34. The number of aryl methyl sites for hydroxylation is 2. The van der Waals surface area contributed by atoms with Crippen molar-refractivity contribution in [2.75, 3.05) is 13.7 Å². The second kappa shape index (κ2) is 8.19. The molecule has 7 heteroatoms. The molecule has 1 saturated carbocycles. The molecule has 2 aliphatic rings. The molecule has 1 aliphatic carbocycles. The molecule has 1 saturated heterocycles. The highest BCUT2D eigenvalue weighted by Crippen LogP contribution is 2.33. The van der Waals surface area contributed by atoms with Crippen molar-refractivity contribution in [1.82, 2.24) is 9.62 Å². The number of methoxy groups -OCH3 is 1. The molecule has 1 amide bonds. The molecule has 1 N–H and O–H groups in total. The van der Waals surface area contributed by atoms with E-state index in [2.05, 4.69) is 5.32 Å². The van der Waals surface area contributed by atoms with E-state index in [1.54, 1.807) is 12.1 Å². The summed E-state index contributed by atoms with van der Waals surface area (Å²) in [5, 5.41) is 3.09. The van der Waals surface area contributed by atoms with Gasteiger partial charge in [0.25, 0.3) is 0 Å². The van der Waals surface area contributed by atoms with Crippen molar-refractivity contribution in [3.05, 3.63) is 23.3 Å². The van der Waals surface area contributed by atoms with E-state index in [0.29, 0.717) is 25.1 Å². The Kier molecular flexibility index (Phi) is 6.11. The van der Waals surface area contributed by atoms with Crippen molar-refractivity contribution in [2.45, 2.75) is 75.8 Å². The van der Waals surface area contributed by atoms with Gasteiger partial charge in [-0.15, -0.1) is 0 Å². The molecule has 3 rings (SSSR count). The Morgan fingerprint density at radius 2 is 1.74 bits per heavy atom. The van der Waals surface area contributed by atoms with Gasteiger partial charge in [-0.1, -0.05) is 19.3 Å². The Morgan fingerprint density at radius 1 is 1.07 bits per heavy atom. The molecular weight excluding hydrogens is 364 g/mol. The summed E-state index contributed by atoms with van der Waals surface area (Å²) < 4.78 is 33.4. The lowest BCUT2D eigenvalue weighted by Crippen LogP contribution is -2.49. The summed E-state index contributed by atoms with van der Waals surface area (Å²) in [4.78, 5) is 13.0. The fourth-order valence-corrected chi connectivity index (χ4v) is 5.97. The lowest BCUT2D eigenvalue weighted by molar-refractivity contribution is -0.125. The highest BCUT2D eigenvalue weighted by Gasteiger charge is 2.41. The molecule has 0 spiro atoms. The quantitative estimate of drug-likeness (QED) is 0.833. The average molecular weight is 395 g/mol. The summed E-state index contributed by atoms with van der Waals surface area (Å²) in [5.74, 6) is 0.169. The largest absolute Gasteiger partial charge is 0.495 e. The number of nitrogens with zero attached hydrogens (tertiary/aromatic N) is 1. The second-order valence-electron chi connectivity index (χ2n) is 7.70. The first kappa shape index (κ1) is 20.1. The number of rotatable bonds is 5. The monoisotopic (exact) mass is 394 g/mol. The summed E-state index contributed by atoms with van der Waals surface area (Å²) in [6.45, 7) is 4.16. The zero-order valence-electron chi connectivity index (χ0n) is 16.5. The van der Waals surface area contributed by atoms with Gasteiger partial charge in [0.2, 0.25) is 15.9 Å². The number of hydrogen-bond acceptors (Lipinski definition) is 4. The van der Waals surface area contributed by atoms with Crippen LogP contribution in [0.25, 0.3) is 0 Å². The highest BCUT2D eigenvalue weighted by molar-refractivity contribution is 7.89. The minimum absolute atomic E-state index is 0.144. The van der Waals surface area contributed by atoms with Crippen LogP contribution in [0, 0.1) is 13.8 Å². The number of carbonyl (C=O) groups is 1. The Morgan fingerprint density at radius 3 is 2.41 bits per heavy atom. The molecule has 6 nitrogen and oxygen atoms in total. The van der Waals surface area contributed by atoms with Crippen LogP contribution in [0.4, 0.5) is 0 Å². The normalized spacial score (nSPS) is 22.0. The van der Waals surface area contributed by atoms with Crippen LogP contribution in [0.5, 0.6) is 5.75 Å². The molecule has 2 fully saturated rings. The number of nitrogens with one attached hydrogen (secondary N) is 1. The van der Waals surface area contributed by atoms with E-state index in [1.807, 2.05) is 13.8 Å². The maximum Gasteiger partial charge on any atom is 0.247 e. The van der Waals surface area contributed by atoms with Gasteiger partial charge < -0.3 is 10.1 Å². The third-order valence-corrected chi connectivity index (χ3v) is 7.75. The van der Waals surface area contributed by atoms with Gasteiger partial charge >= 0.3 is 0 Å². The van der Waals surface area contributed by atoms with E-state index in [4.69, 9.17) is 4.74 Å². The van der Waals surface area contributed by atoms with Crippen LogP contribution in [0.15, 0.2) is 17.0 Å². The van der Waals surface area contributed by atoms with E-state index >= 15 is 0 Å². The molecule has 0 radical (unpaired) electrons. The van der Waals surface area contributed by atoms with Crippen LogP contribution in [-0.4, -0.2) is 44.4 Å². The van der Waals surface area contributed by atoms with Crippen LogP contribution >= 0.6 is 0 Å². The molecule has 0 unspecified atom stereocenters. The minimum atomic E-state index is -3.81. The molecule has 27 heavy (non-hydrogen) atoms. The lowest BCUT2D eigenvalue weighted by atomic mass is 9.95. The van der Waals surface area contributed by atoms with Crippen molar-refractivity contribution in [3.8, 4) is 5.75 Å². The third-order valence-electron chi connectivity index (χ3n) is 5.82. The molecule has 1 aromatic carbocycles. The van der Waals surface area contributed by atoms with Crippen molar-refractivity contribution < 1.29 is 17.9 Å². The van der Waals surface area contributed by atoms with Crippen LogP contribution in [-0.2, 0) is 14.8 Å². The third kappa shape index (κ3) is 4.14. The summed E-state index contributed by atoms with van der Waals surface area (Å²) in [6.07, 6.45) is 6.67. The Bertz CT molecular complexity index is 800. The average Bonchev–Trinajstić information content (AvgIpc) is 3.15. The minimum Gasteiger partial charge on any atom is -0.495 e. The van der Waals surface area contributed by atoms with Gasteiger partial charge in [-0.2, -0.15) is 4.31 Å². The van der Waals surface area contributed by atoms with E-state index in [-0.39, 0.29) is 16.8 Å². The van der Waals surface area contributed by atoms with Gasteiger partial charge in [0.05, 0.1) is 7.11 Å². The zero-order chi connectivity index (χ0) is 19.6. The molecular formula is C20H30N2O4S. The number of ether oxygens (including phenoxy) is 1. The smallest absolute Gasteiger partial charge is 0.247 e. The van der Waals surface area contributed by atoms with E-state index in [1.165, 1.54) is 17.8 Å². The topological polar surface area (TPSA) is 75.7 Å². The van der Waals surface area contributed by atoms with E-state index in [0.717, 1.165) is 36.8 Å². The van der Waals surface area contributed by atoms with Crippen LogP contribution in [0.1, 0.15) is 56.1 Å². The molecule has 0 aromatic heterocycles. The molecule has 1 aliphatic heterocycles. The van der Waals surface area contributed by atoms with Crippen molar-refractivity contribution in [2.24, 2.45) is 0 Å². The molecule has 150 valence electrons. The first-order valence-electron chi connectivity index (χ1n) is 9.82. The van der Waals surface area contributed by atoms with Crippen molar-refractivity contribution in [1.29, 1.82) is 0 Å². The predicted octanol–water partition coefficient (Wildman–Crippen LogP) is 2.91. The number of sulfonamides is 1. The molecule has 1 aromatic rings. The maximum absolute atomic E-state index is 13.4. The van der Waals surface area contributed by atoms with Crippen LogP contribution < -0.4 is 10.1 Å². The fraction of sp³-hybridized carbons (Fsp3) is 0.650. The van der Waals surface area contributed by atoms with Gasteiger partial charge in [-0.3, -0.25) is 4.79 Å². The molecule has 1 atom stereocenters. The van der Waals surface area contributed by atoms with E-state index in [9.17, 15) is 13.2 Å². The molecule has 1 heterocycles. The van der Waals surface area contributed by atoms with Crippen molar-refractivity contribution >= 4 is 15.9 Å². The summed E-state index contributed by atoms with van der Waals surface area (Å²) in [6, 6.07) is 2.93. The van der Waals surface area contributed by atoms with Gasteiger partial charge in [0.1, 0.15) is 16.7 Å². The number of amides is 1. The van der Waals surface area contributed by atoms with E-state index < -0.39 is 16.1 Å². The van der Waals surface area contributed by atoms with Gasteiger partial charge in [0, 0.05) is 12.6 Å². The first-order chi connectivity index (χ1) is 12.8. The number of hydrogen-bond donors (Lipinski definition) is 1. The summed E-state index contributed by atoms with van der Waals surface area (Å²) >= 11 is 0.